The highest BCUT2D eigenvalue weighted by Crippen LogP contribution is 2.44. The molecule has 0 atom stereocenters. The molecule has 2 aliphatic rings. The summed E-state index contributed by atoms with van der Waals surface area (Å²) in [5.74, 6) is 1.33. The van der Waals surface area contributed by atoms with Crippen molar-refractivity contribution >= 4 is 29.3 Å². The topological polar surface area (TPSA) is 58.6 Å². The number of carbonyl (C=O) groups excluding carboxylic acids is 2. The maximum atomic E-state index is 12.7. The first kappa shape index (κ1) is 17.9. The van der Waals surface area contributed by atoms with Gasteiger partial charge in [0.05, 0.1) is 18.3 Å². The fourth-order valence-electron chi connectivity index (χ4n) is 3.98. The van der Waals surface area contributed by atoms with E-state index in [1.807, 2.05) is 53.4 Å². The van der Waals surface area contributed by atoms with Gasteiger partial charge in [-0.25, -0.2) is 0 Å². The largest absolute Gasteiger partial charge is 0.496 e. The summed E-state index contributed by atoms with van der Waals surface area (Å²) >= 11 is 1.49. The fraction of sp³-hybridized carbons (Fsp3) is 0.333. The molecule has 2 aliphatic heterocycles. The number of anilines is 1. The van der Waals surface area contributed by atoms with Crippen LogP contribution in [0.25, 0.3) is 0 Å². The number of thioether (sulfide) groups is 1. The third-order valence-corrected chi connectivity index (χ3v) is 6.55. The van der Waals surface area contributed by atoms with E-state index in [4.69, 9.17) is 4.74 Å². The van der Waals surface area contributed by atoms with Gasteiger partial charge >= 0.3 is 0 Å². The molecule has 0 bridgehead atoms. The standard InChI is InChI=1S/C21H22N2O3S/c1-26-17-8-4-5-9-18(17)27-14-19(24)23-12-10-21(11-13-23)15-6-2-3-7-16(15)22-20(21)25/h2-9H,10-14H2,1H3,(H,22,25). The van der Waals surface area contributed by atoms with Crippen molar-refractivity contribution in [3.05, 3.63) is 54.1 Å². The molecule has 1 N–H and O–H groups in total. The summed E-state index contributed by atoms with van der Waals surface area (Å²) in [7, 11) is 1.63. The predicted molar refractivity (Wildman–Crippen MR) is 106 cm³/mol. The molecule has 0 radical (unpaired) electrons. The van der Waals surface area contributed by atoms with Gasteiger partial charge in [-0.1, -0.05) is 30.3 Å². The van der Waals surface area contributed by atoms with Crippen molar-refractivity contribution in [2.45, 2.75) is 23.2 Å². The molecule has 0 aromatic heterocycles. The van der Waals surface area contributed by atoms with E-state index in [0.717, 1.165) is 21.9 Å². The highest BCUT2D eigenvalue weighted by Gasteiger charge is 2.48. The summed E-state index contributed by atoms with van der Waals surface area (Å²) in [6, 6.07) is 15.6. The molecule has 2 aromatic carbocycles. The lowest BCUT2D eigenvalue weighted by atomic mass is 9.73. The minimum Gasteiger partial charge on any atom is -0.496 e. The molecule has 2 aromatic rings. The Morgan fingerprint density at radius 3 is 2.63 bits per heavy atom. The number of carbonyl (C=O) groups is 2. The third-order valence-electron chi connectivity index (χ3n) is 5.52. The van der Waals surface area contributed by atoms with Gasteiger partial charge in [-0.2, -0.15) is 0 Å². The van der Waals surface area contributed by atoms with Crippen LogP contribution in [0, 0.1) is 0 Å². The van der Waals surface area contributed by atoms with E-state index >= 15 is 0 Å². The molecule has 2 heterocycles. The normalized spacial score (nSPS) is 17.5. The van der Waals surface area contributed by atoms with Gasteiger partial charge in [0.25, 0.3) is 0 Å². The van der Waals surface area contributed by atoms with Crippen LogP contribution in [0.5, 0.6) is 5.75 Å². The second-order valence-corrected chi connectivity index (χ2v) is 7.92. The summed E-state index contributed by atoms with van der Waals surface area (Å²) < 4.78 is 5.34. The number of nitrogens with zero attached hydrogens (tertiary/aromatic N) is 1. The van der Waals surface area contributed by atoms with Crippen molar-refractivity contribution < 1.29 is 14.3 Å². The van der Waals surface area contributed by atoms with Crippen LogP contribution < -0.4 is 10.1 Å². The summed E-state index contributed by atoms with van der Waals surface area (Å²) in [4.78, 5) is 28.1. The van der Waals surface area contributed by atoms with E-state index in [0.29, 0.717) is 31.7 Å². The third kappa shape index (κ3) is 3.18. The van der Waals surface area contributed by atoms with Crippen molar-refractivity contribution in [3.8, 4) is 5.75 Å². The lowest BCUT2D eigenvalue weighted by Crippen LogP contribution is -2.48. The Morgan fingerprint density at radius 2 is 1.85 bits per heavy atom. The number of hydrogen-bond donors (Lipinski definition) is 1. The minimum atomic E-state index is -0.483. The van der Waals surface area contributed by atoms with Crippen molar-refractivity contribution in [2.75, 3.05) is 31.3 Å². The lowest BCUT2D eigenvalue weighted by Gasteiger charge is -2.38. The van der Waals surface area contributed by atoms with Crippen LogP contribution in [0.2, 0.25) is 0 Å². The molecule has 5 nitrogen and oxygen atoms in total. The number of benzene rings is 2. The molecule has 0 unspecified atom stereocenters. The average molecular weight is 382 g/mol. The lowest BCUT2D eigenvalue weighted by molar-refractivity contribution is -0.132. The van der Waals surface area contributed by atoms with Gasteiger partial charge in [-0.05, 0) is 36.6 Å². The van der Waals surface area contributed by atoms with Crippen molar-refractivity contribution in [2.24, 2.45) is 0 Å². The van der Waals surface area contributed by atoms with Crippen molar-refractivity contribution in [1.29, 1.82) is 0 Å². The second kappa shape index (κ2) is 7.27. The Bertz CT molecular complexity index is 875. The Morgan fingerprint density at radius 1 is 1.15 bits per heavy atom. The number of methoxy groups -OCH3 is 1. The molecular weight excluding hydrogens is 360 g/mol. The molecule has 0 saturated carbocycles. The van der Waals surface area contributed by atoms with Crippen LogP contribution in [-0.4, -0.2) is 42.7 Å². The average Bonchev–Trinajstić information content (AvgIpc) is 2.98. The Labute approximate surface area is 163 Å². The predicted octanol–water partition coefficient (Wildman–Crippen LogP) is 3.30. The summed E-state index contributed by atoms with van der Waals surface area (Å²) in [6.45, 7) is 1.21. The number of fused-ring (bicyclic) bond motifs is 2. The summed E-state index contributed by atoms with van der Waals surface area (Å²) in [6.07, 6.45) is 1.34. The van der Waals surface area contributed by atoms with E-state index in [1.54, 1.807) is 7.11 Å². The Balaban J connectivity index is 1.39. The van der Waals surface area contributed by atoms with Crippen LogP contribution in [-0.2, 0) is 15.0 Å². The molecule has 1 spiro atoms. The first-order chi connectivity index (χ1) is 13.1. The van der Waals surface area contributed by atoms with E-state index in [-0.39, 0.29) is 11.8 Å². The van der Waals surface area contributed by atoms with Crippen LogP contribution in [0.4, 0.5) is 5.69 Å². The first-order valence-electron chi connectivity index (χ1n) is 9.08. The smallest absolute Gasteiger partial charge is 0.235 e. The monoisotopic (exact) mass is 382 g/mol. The van der Waals surface area contributed by atoms with Gasteiger partial charge in [-0.15, -0.1) is 11.8 Å². The van der Waals surface area contributed by atoms with E-state index in [2.05, 4.69) is 5.32 Å². The molecule has 6 heteroatoms. The molecule has 0 aliphatic carbocycles. The number of ether oxygens (including phenoxy) is 1. The van der Waals surface area contributed by atoms with Gasteiger partial charge in [0.1, 0.15) is 5.75 Å². The molecule has 1 saturated heterocycles. The fourth-order valence-corrected chi connectivity index (χ4v) is 4.91. The van der Waals surface area contributed by atoms with Gasteiger partial charge in [-0.3, -0.25) is 9.59 Å². The van der Waals surface area contributed by atoms with E-state index < -0.39 is 5.41 Å². The number of para-hydroxylation sites is 2. The zero-order valence-electron chi connectivity index (χ0n) is 15.2. The Kier molecular flexibility index (Phi) is 4.83. The summed E-state index contributed by atoms with van der Waals surface area (Å²) in [5, 5.41) is 3.00. The number of rotatable bonds is 4. The molecule has 27 heavy (non-hydrogen) atoms. The zero-order chi connectivity index (χ0) is 18.9. The highest BCUT2D eigenvalue weighted by atomic mass is 32.2. The highest BCUT2D eigenvalue weighted by molar-refractivity contribution is 8.00. The van der Waals surface area contributed by atoms with E-state index in [1.165, 1.54) is 11.8 Å². The maximum absolute atomic E-state index is 12.7. The van der Waals surface area contributed by atoms with E-state index in [9.17, 15) is 9.59 Å². The van der Waals surface area contributed by atoms with Crippen LogP contribution >= 0.6 is 11.8 Å². The number of likely N-dealkylation sites (tertiary alicyclic amines) is 1. The van der Waals surface area contributed by atoms with Gasteiger partial charge in [0.15, 0.2) is 0 Å². The Hall–Kier alpha value is -2.47. The zero-order valence-corrected chi connectivity index (χ0v) is 16.1. The molecular formula is C21H22N2O3S. The molecule has 1 fully saturated rings. The number of amides is 2. The number of piperidine rings is 1. The van der Waals surface area contributed by atoms with Crippen LogP contribution in [0.15, 0.2) is 53.4 Å². The van der Waals surface area contributed by atoms with Gasteiger partial charge in [0, 0.05) is 23.7 Å². The van der Waals surface area contributed by atoms with Crippen molar-refractivity contribution in [3.63, 3.8) is 0 Å². The number of hydrogen-bond acceptors (Lipinski definition) is 4. The van der Waals surface area contributed by atoms with Gasteiger partial charge < -0.3 is 15.0 Å². The number of nitrogens with one attached hydrogen (secondary N) is 1. The van der Waals surface area contributed by atoms with Crippen molar-refractivity contribution in [1.82, 2.24) is 4.90 Å². The van der Waals surface area contributed by atoms with Crippen LogP contribution in [0.1, 0.15) is 18.4 Å². The summed E-state index contributed by atoms with van der Waals surface area (Å²) in [5.41, 5.74) is 1.50. The SMILES string of the molecule is COc1ccccc1SCC(=O)N1CCC2(CC1)C(=O)Nc1ccccc12. The van der Waals surface area contributed by atoms with Crippen LogP contribution in [0.3, 0.4) is 0 Å². The molecule has 140 valence electrons. The molecule has 2 amide bonds. The minimum absolute atomic E-state index is 0.0687. The maximum Gasteiger partial charge on any atom is 0.235 e. The first-order valence-corrected chi connectivity index (χ1v) is 10.1. The molecule has 4 rings (SSSR count). The van der Waals surface area contributed by atoms with Gasteiger partial charge in [0.2, 0.25) is 11.8 Å². The second-order valence-electron chi connectivity index (χ2n) is 6.90. The quantitative estimate of drug-likeness (QED) is 0.825.